The maximum atomic E-state index is 12.9. The quantitative estimate of drug-likeness (QED) is 0.895. The smallest absolute Gasteiger partial charge is 0.282 e. The van der Waals surface area contributed by atoms with Gasteiger partial charge in [-0.2, -0.15) is 17.0 Å². The van der Waals surface area contributed by atoms with E-state index in [1.807, 2.05) is 0 Å². The number of hydrogen-bond donors (Lipinski definition) is 1. The topological polar surface area (TPSA) is 86.4 Å². The van der Waals surface area contributed by atoms with Crippen molar-refractivity contribution in [1.82, 2.24) is 18.6 Å². The third kappa shape index (κ3) is 2.82. The van der Waals surface area contributed by atoms with E-state index < -0.39 is 10.2 Å². The molecule has 7 nitrogen and oxygen atoms in total. The van der Waals surface area contributed by atoms with Crippen LogP contribution in [0.5, 0.6) is 0 Å². The van der Waals surface area contributed by atoms with Gasteiger partial charge in [0.05, 0.1) is 6.04 Å². The van der Waals surface area contributed by atoms with Crippen LogP contribution in [0.15, 0.2) is 17.1 Å². The summed E-state index contributed by atoms with van der Waals surface area (Å²) in [6.07, 6.45) is 6.91. The SMILES string of the molecule is CN(C1CCCC1)S(=O)(=O)N1CCCC1c1nccc(=O)[nH]1. The normalized spacial score (nSPS) is 24.4. The van der Waals surface area contributed by atoms with Gasteiger partial charge < -0.3 is 4.98 Å². The highest BCUT2D eigenvalue weighted by Gasteiger charge is 2.41. The van der Waals surface area contributed by atoms with Crippen molar-refractivity contribution < 1.29 is 8.42 Å². The van der Waals surface area contributed by atoms with Gasteiger partial charge in [0, 0.05) is 31.9 Å². The van der Waals surface area contributed by atoms with Crippen molar-refractivity contribution in [2.45, 2.75) is 50.6 Å². The molecule has 122 valence electrons. The number of hydrogen-bond acceptors (Lipinski definition) is 4. The van der Waals surface area contributed by atoms with E-state index in [1.54, 1.807) is 7.05 Å². The predicted octanol–water partition coefficient (Wildman–Crippen LogP) is 1.03. The van der Waals surface area contributed by atoms with Crippen LogP contribution in [0.4, 0.5) is 0 Å². The zero-order valence-corrected chi connectivity index (χ0v) is 13.6. The van der Waals surface area contributed by atoms with Crippen molar-refractivity contribution in [3.05, 3.63) is 28.4 Å². The Labute approximate surface area is 130 Å². The van der Waals surface area contributed by atoms with Crippen molar-refractivity contribution in [3.8, 4) is 0 Å². The lowest BCUT2D eigenvalue weighted by atomic mass is 10.2. The number of nitrogens with one attached hydrogen (secondary N) is 1. The zero-order valence-electron chi connectivity index (χ0n) is 12.7. The van der Waals surface area contributed by atoms with Crippen LogP contribution in [-0.2, 0) is 10.2 Å². The van der Waals surface area contributed by atoms with Crippen molar-refractivity contribution >= 4 is 10.2 Å². The average molecular weight is 326 g/mol. The lowest BCUT2D eigenvalue weighted by Crippen LogP contribution is -2.45. The minimum atomic E-state index is -3.53. The fourth-order valence-corrected chi connectivity index (χ4v) is 5.27. The molecule has 1 aliphatic heterocycles. The van der Waals surface area contributed by atoms with Gasteiger partial charge in [0.15, 0.2) is 0 Å². The van der Waals surface area contributed by atoms with Crippen LogP contribution < -0.4 is 5.56 Å². The minimum absolute atomic E-state index is 0.0917. The summed E-state index contributed by atoms with van der Waals surface area (Å²) in [7, 11) is -1.86. The molecule has 1 aromatic rings. The Morgan fingerprint density at radius 3 is 2.68 bits per heavy atom. The van der Waals surface area contributed by atoms with Gasteiger partial charge in [-0.05, 0) is 25.7 Å². The monoisotopic (exact) mass is 326 g/mol. The lowest BCUT2D eigenvalue weighted by Gasteiger charge is -2.31. The molecule has 2 aliphatic rings. The molecule has 3 rings (SSSR count). The van der Waals surface area contributed by atoms with Crippen LogP contribution in [0.2, 0.25) is 0 Å². The highest BCUT2D eigenvalue weighted by molar-refractivity contribution is 7.86. The Bertz CT molecular complexity index is 681. The molecular weight excluding hydrogens is 304 g/mol. The fraction of sp³-hybridized carbons (Fsp3) is 0.714. The minimum Gasteiger partial charge on any atom is -0.309 e. The van der Waals surface area contributed by atoms with Gasteiger partial charge in [0.25, 0.3) is 15.8 Å². The second-order valence-electron chi connectivity index (χ2n) is 6.05. The molecule has 1 N–H and O–H groups in total. The molecule has 22 heavy (non-hydrogen) atoms. The number of rotatable bonds is 4. The van der Waals surface area contributed by atoms with Crippen molar-refractivity contribution in [1.29, 1.82) is 0 Å². The Balaban J connectivity index is 1.87. The summed E-state index contributed by atoms with van der Waals surface area (Å²) in [6, 6.07) is 1.05. The summed E-state index contributed by atoms with van der Waals surface area (Å²) in [4.78, 5) is 18.3. The summed E-state index contributed by atoms with van der Waals surface area (Å²) < 4.78 is 28.8. The molecule has 0 aromatic carbocycles. The first-order valence-electron chi connectivity index (χ1n) is 7.80. The van der Waals surface area contributed by atoms with Crippen molar-refractivity contribution in [3.63, 3.8) is 0 Å². The molecule has 1 unspecified atom stereocenters. The van der Waals surface area contributed by atoms with Crippen LogP contribution in [-0.4, -0.2) is 46.6 Å². The van der Waals surface area contributed by atoms with Gasteiger partial charge in [-0.25, -0.2) is 4.98 Å². The van der Waals surface area contributed by atoms with Gasteiger partial charge in [-0.1, -0.05) is 12.8 Å². The molecular formula is C14H22N4O3S. The van der Waals surface area contributed by atoms with Crippen molar-refractivity contribution in [2.24, 2.45) is 0 Å². The van der Waals surface area contributed by atoms with Gasteiger partial charge in [0.1, 0.15) is 5.82 Å². The molecule has 0 bridgehead atoms. The Hall–Kier alpha value is -1.25. The van der Waals surface area contributed by atoms with Crippen LogP contribution in [0.1, 0.15) is 50.4 Å². The molecule has 0 spiro atoms. The van der Waals surface area contributed by atoms with Gasteiger partial charge in [-0.15, -0.1) is 0 Å². The maximum absolute atomic E-state index is 12.9. The Morgan fingerprint density at radius 1 is 1.27 bits per heavy atom. The zero-order chi connectivity index (χ0) is 15.7. The molecule has 1 saturated heterocycles. The first-order valence-corrected chi connectivity index (χ1v) is 9.20. The van der Waals surface area contributed by atoms with E-state index in [1.165, 1.54) is 20.9 Å². The van der Waals surface area contributed by atoms with Crippen LogP contribution in [0, 0.1) is 0 Å². The number of aromatic nitrogens is 2. The molecule has 1 saturated carbocycles. The second kappa shape index (κ2) is 6.10. The molecule has 0 amide bonds. The second-order valence-corrected chi connectivity index (χ2v) is 7.99. The molecule has 0 radical (unpaired) electrons. The molecule has 2 fully saturated rings. The predicted molar refractivity (Wildman–Crippen MR) is 82.5 cm³/mol. The number of nitrogens with zero attached hydrogens (tertiary/aromatic N) is 3. The standard InChI is InChI=1S/C14H22N4O3S/c1-17(11-5-2-3-6-11)22(20,21)18-10-4-7-12(18)14-15-9-8-13(19)16-14/h8-9,11-12H,2-7,10H2,1H3,(H,15,16,19). The van der Waals surface area contributed by atoms with Crippen molar-refractivity contribution in [2.75, 3.05) is 13.6 Å². The summed E-state index contributed by atoms with van der Waals surface area (Å²) in [5.74, 6) is 0.438. The summed E-state index contributed by atoms with van der Waals surface area (Å²) in [5, 5.41) is 0. The van der Waals surface area contributed by atoms with Crippen LogP contribution >= 0.6 is 0 Å². The van der Waals surface area contributed by atoms with E-state index in [0.717, 1.165) is 32.1 Å². The Morgan fingerprint density at radius 2 is 2.00 bits per heavy atom. The number of aromatic amines is 1. The summed E-state index contributed by atoms with van der Waals surface area (Å²) in [6.45, 7) is 0.475. The van der Waals surface area contributed by atoms with Crippen LogP contribution in [0.25, 0.3) is 0 Å². The lowest BCUT2D eigenvalue weighted by molar-refractivity contribution is 0.304. The van der Waals surface area contributed by atoms with E-state index >= 15 is 0 Å². The average Bonchev–Trinajstić information content (AvgIpc) is 3.18. The van der Waals surface area contributed by atoms with E-state index in [-0.39, 0.29) is 17.6 Å². The number of H-pyrrole nitrogens is 1. The third-order valence-corrected chi connectivity index (χ3v) is 6.77. The third-order valence-electron chi connectivity index (χ3n) is 4.71. The maximum Gasteiger partial charge on any atom is 0.282 e. The van der Waals surface area contributed by atoms with Gasteiger partial charge in [-0.3, -0.25) is 4.79 Å². The fourth-order valence-electron chi connectivity index (χ4n) is 3.47. The van der Waals surface area contributed by atoms with E-state index in [2.05, 4.69) is 9.97 Å². The van der Waals surface area contributed by atoms with Gasteiger partial charge >= 0.3 is 0 Å². The largest absolute Gasteiger partial charge is 0.309 e. The molecule has 1 atom stereocenters. The first kappa shape index (κ1) is 15.6. The van der Waals surface area contributed by atoms with E-state index in [9.17, 15) is 13.2 Å². The molecule has 1 aromatic heterocycles. The molecule has 8 heteroatoms. The van der Waals surface area contributed by atoms with E-state index in [4.69, 9.17) is 0 Å². The Kier molecular flexibility index (Phi) is 4.33. The van der Waals surface area contributed by atoms with E-state index in [0.29, 0.717) is 18.8 Å². The summed E-state index contributed by atoms with van der Waals surface area (Å²) in [5.41, 5.74) is -0.251. The molecule has 2 heterocycles. The summed E-state index contributed by atoms with van der Waals surface area (Å²) >= 11 is 0. The highest BCUT2D eigenvalue weighted by Crippen LogP contribution is 2.35. The molecule has 1 aliphatic carbocycles. The first-order chi connectivity index (χ1) is 10.5. The van der Waals surface area contributed by atoms with Gasteiger partial charge in [0.2, 0.25) is 0 Å². The highest BCUT2D eigenvalue weighted by atomic mass is 32.2. The van der Waals surface area contributed by atoms with Crippen LogP contribution in [0.3, 0.4) is 0 Å².